The van der Waals surface area contributed by atoms with Crippen molar-refractivity contribution in [2.24, 2.45) is 11.7 Å². The topological polar surface area (TPSA) is 55.1 Å². The lowest BCUT2D eigenvalue weighted by molar-refractivity contribution is -0.120. The lowest BCUT2D eigenvalue weighted by Crippen LogP contribution is -2.27. The van der Waals surface area contributed by atoms with Crippen LogP contribution in [0.15, 0.2) is 18.2 Å². The number of nitrogens with one attached hydrogen (secondary N) is 1. The predicted molar refractivity (Wildman–Crippen MR) is 58.0 cm³/mol. The predicted octanol–water partition coefficient (Wildman–Crippen LogP) is 1.67. The van der Waals surface area contributed by atoms with E-state index in [9.17, 15) is 9.18 Å². The molecular weight excluding hydrogens is 195 g/mol. The first-order valence-electron chi connectivity index (χ1n) is 4.80. The van der Waals surface area contributed by atoms with Crippen molar-refractivity contribution >= 4 is 11.6 Å². The van der Waals surface area contributed by atoms with Crippen molar-refractivity contribution in [1.82, 2.24) is 0 Å². The molecule has 0 heterocycles. The van der Waals surface area contributed by atoms with E-state index >= 15 is 0 Å². The number of aryl methyl sites for hydroxylation is 1. The fraction of sp³-hybridized carbons (Fsp3) is 0.364. The summed E-state index contributed by atoms with van der Waals surface area (Å²) in [5, 5.41) is 2.86. The summed E-state index contributed by atoms with van der Waals surface area (Å²) in [4.78, 5) is 10.8. The number of halogens is 1. The molecule has 4 heteroatoms. The highest BCUT2D eigenvalue weighted by atomic mass is 19.1. The van der Waals surface area contributed by atoms with Crippen molar-refractivity contribution in [2.75, 3.05) is 11.9 Å². The summed E-state index contributed by atoms with van der Waals surface area (Å²) in [5.41, 5.74) is 6.46. The van der Waals surface area contributed by atoms with E-state index in [4.69, 9.17) is 5.73 Å². The normalized spacial score (nSPS) is 12.2. The number of amides is 1. The molecule has 1 amide bonds. The number of anilines is 1. The van der Waals surface area contributed by atoms with Gasteiger partial charge in [0.1, 0.15) is 5.82 Å². The second-order valence-electron chi connectivity index (χ2n) is 3.67. The van der Waals surface area contributed by atoms with Gasteiger partial charge in [-0.1, -0.05) is 13.0 Å². The Morgan fingerprint density at radius 1 is 1.60 bits per heavy atom. The lowest BCUT2D eigenvalue weighted by atomic mass is 10.1. The van der Waals surface area contributed by atoms with Gasteiger partial charge in [0.05, 0.1) is 11.6 Å². The molecule has 15 heavy (non-hydrogen) atoms. The molecule has 82 valence electrons. The molecule has 1 atom stereocenters. The van der Waals surface area contributed by atoms with Crippen molar-refractivity contribution in [3.8, 4) is 0 Å². The quantitative estimate of drug-likeness (QED) is 0.794. The highest BCUT2D eigenvalue weighted by molar-refractivity contribution is 5.76. The van der Waals surface area contributed by atoms with Crippen molar-refractivity contribution < 1.29 is 9.18 Å². The molecule has 1 aromatic rings. The van der Waals surface area contributed by atoms with Crippen LogP contribution in [0.1, 0.15) is 12.5 Å². The standard InChI is InChI=1S/C11H15FN2O/c1-7-3-4-9(12)10(5-7)14-6-8(2)11(13)15/h3-5,8,14H,6H2,1-2H3,(H2,13,15). The molecule has 0 aromatic heterocycles. The molecule has 1 unspecified atom stereocenters. The fourth-order valence-corrected chi connectivity index (χ4v) is 1.14. The van der Waals surface area contributed by atoms with Crippen LogP contribution in [-0.4, -0.2) is 12.5 Å². The molecule has 0 aliphatic heterocycles. The van der Waals surface area contributed by atoms with E-state index in [1.54, 1.807) is 19.1 Å². The van der Waals surface area contributed by atoms with E-state index < -0.39 is 5.91 Å². The number of hydrogen-bond donors (Lipinski definition) is 2. The molecule has 0 spiro atoms. The Morgan fingerprint density at radius 3 is 2.87 bits per heavy atom. The summed E-state index contributed by atoms with van der Waals surface area (Å²) in [6.07, 6.45) is 0. The van der Waals surface area contributed by atoms with Gasteiger partial charge in [0.15, 0.2) is 0 Å². The minimum atomic E-state index is -0.393. The lowest BCUT2D eigenvalue weighted by Gasteiger charge is -2.11. The Labute approximate surface area is 88.5 Å². The molecule has 0 aliphatic rings. The molecule has 0 radical (unpaired) electrons. The van der Waals surface area contributed by atoms with Crippen molar-refractivity contribution in [1.29, 1.82) is 0 Å². The van der Waals surface area contributed by atoms with Crippen molar-refractivity contribution in [3.05, 3.63) is 29.6 Å². The number of benzene rings is 1. The van der Waals surface area contributed by atoms with Gasteiger partial charge in [-0.2, -0.15) is 0 Å². The Bertz CT molecular complexity index is 366. The summed E-state index contributed by atoms with van der Waals surface area (Å²) in [5.74, 6) is -1.03. The zero-order valence-corrected chi connectivity index (χ0v) is 8.88. The van der Waals surface area contributed by atoms with Crippen molar-refractivity contribution in [3.63, 3.8) is 0 Å². The first-order valence-corrected chi connectivity index (χ1v) is 4.80. The van der Waals surface area contributed by atoms with Crippen molar-refractivity contribution in [2.45, 2.75) is 13.8 Å². The van der Waals surface area contributed by atoms with Crippen LogP contribution in [-0.2, 0) is 4.79 Å². The van der Waals surface area contributed by atoms with Gasteiger partial charge in [0.25, 0.3) is 0 Å². The summed E-state index contributed by atoms with van der Waals surface area (Å²) < 4.78 is 13.2. The Morgan fingerprint density at radius 2 is 2.27 bits per heavy atom. The zero-order valence-electron chi connectivity index (χ0n) is 8.88. The molecule has 3 N–H and O–H groups in total. The van der Waals surface area contributed by atoms with Crippen LogP contribution in [0.2, 0.25) is 0 Å². The monoisotopic (exact) mass is 210 g/mol. The minimum absolute atomic E-state index is 0.315. The highest BCUT2D eigenvalue weighted by Gasteiger charge is 2.09. The molecule has 0 aliphatic carbocycles. The average molecular weight is 210 g/mol. The van der Waals surface area contributed by atoms with Gasteiger partial charge in [-0.25, -0.2) is 4.39 Å². The average Bonchev–Trinajstić information content (AvgIpc) is 2.18. The molecular formula is C11H15FN2O. The summed E-state index contributed by atoms with van der Waals surface area (Å²) in [7, 11) is 0. The number of carbonyl (C=O) groups is 1. The molecule has 0 bridgehead atoms. The Hall–Kier alpha value is -1.58. The van der Waals surface area contributed by atoms with Gasteiger partial charge in [-0.3, -0.25) is 4.79 Å². The maximum Gasteiger partial charge on any atom is 0.222 e. The molecule has 1 rings (SSSR count). The van der Waals surface area contributed by atoms with Gasteiger partial charge in [-0.15, -0.1) is 0 Å². The third-order valence-corrected chi connectivity index (χ3v) is 2.21. The first kappa shape index (κ1) is 11.5. The minimum Gasteiger partial charge on any atom is -0.382 e. The summed E-state index contributed by atoms with van der Waals surface area (Å²) in [6.45, 7) is 3.92. The third kappa shape index (κ3) is 3.23. The Kier molecular flexibility index (Phi) is 3.66. The molecule has 1 aromatic carbocycles. The van der Waals surface area contributed by atoms with Crippen LogP contribution in [0.5, 0.6) is 0 Å². The smallest absolute Gasteiger partial charge is 0.222 e. The van der Waals surface area contributed by atoms with Gasteiger partial charge < -0.3 is 11.1 Å². The van der Waals surface area contributed by atoms with E-state index in [1.807, 2.05) is 6.92 Å². The van der Waals surface area contributed by atoms with E-state index in [-0.39, 0.29) is 11.7 Å². The maximum absolute atomic E-state index is 13.2. The molecule has 3 nitrogen and oxygen atoms in total. The largest absolute Gasteiger partial charge is 0.382 e. The summed E-state index contributed by atoms with van der Waals surface area (Å²) >= 11 is 0. The third-order valence-electron chi connectivity index (χ3n) is 2.21. The zero-order chi connectivity index (χ0) is 11.4. The van der Waals surface area contributed by atoms with Crippen LogP contribution in [0.25, 0.3) is 0 Å². The summed E-state index contributed by atoms with van der Waals surface area (Å²) in [6, 6.07) is 4.79. The van der Waals surface area contributed by atoms with Crippen LogP contribution in [0.4, 0.5) is 10.1 Å². The van der Waals surface area contributed by atoms with Gasteiger partial charge >= 0.3 is 0 Å². The fourth-order valence-electron chi connectivity index (χ4n) is 1.14. The van der Waals surface area contributed by atoms with E-state index in [0.29, 0.717) is 12.2 Å². The number of carbonyl (C=O) groups excluding carboxylic acids is 1. The Balaban J connectivity index is 2.65. The maximum atomic E-state index is 13.2. The van der Waals surface area contributed by atoms with E-state index in [1.165, 1.54) is 6.07 Å². The van der Waals surface area contributed by atoms with Crippen LogP contribution >= 0.6 is 0 Å². The number of primary amides is 1. The molecule has 0 saturated carbocycles. The second-order valence-corrected chi connectivity index (χ2v) is 3.67. The number of hydrogen-bond acceptors (Lipinski definition) is 2. The van der Waals surface area contributed by atoms with Gasteiger partial charge in [0, 0.05) is 6.54 Å². The van der Waals surface area contributed by atoms with Crippen LogP contribution in [0.3, 0.4) is 0 Å². The number of rotatable bonds is 4. The van der Waals surface area contributed by atoms with Gasteiger partial charge in [-0.05, 0) is 24.6 Å². The molecule has 0 fully saturated rings. The van der Waals surface area contributed by atoms with E-state index in [2.05, 4.69) is 5.32 Å². The van der Waals surface area contributed by atoms with E-state index in [0.717, 1.165) is 5.56 Å². The van der Waals surface area contributed by atoms with Crippen LogP contribution in [0, 0.1) is 18.7 Å². The number of nitrogens with two attached hydrogens (primary N) is 1. The first-order chi connectivity index (χ1) is 7.00. The van der Waals surface area contributed by atoms with Crippen LogP contribution < -0.4 is 11.1 Å². The second kappa shape index (κ2) is 4.77. The molecule has 0 saturated heterocycles. The SMILES string of the molecule is Cc1ccc(F)c(NCC(C)C(N)=O)c1. The van der Waals surface area contributed by atoms with Gasteiger partial charge in [0.2, 0.25) is 5.91 Å². The highest BCUT2D eigenvalue weighted by Crippen LogP contribution is 2.15.